The van der Waals surface area contributed by atoms with Crippen molar-refractivity contribution in [2.24, 2.45) is 7.05 Å². The highest BCUT2D eigenvalue weighted by Gasteiger charge is 2.29. The number of piperidine rings is 1. The molecule has 1 aliphatic rings. The number of aromatic nitrogens is 3. The molecule has 3 heterocycles. The number of thiazole rings is 1. The number of hydrogen-bond acceptors (Lipinski definition) is 7. The van der Waals surface area contributed by atoms with Crippen LogP contribution in [0.15, 0.2) is 41.8 Å². The van der Waals surface area contributed by atoms with E-state index in [0.29, 0.717) is 35.7 Å². The molecule has 202 valence electrons. The van der Waals surface area contributed by atoms with E-state index in [9.17, 15) is 14.9 Å². The van der Waals surface area contributed by atoms with Gasteiger partial charge in [0, 0.05) is 54.3 Å². The molecule has 0 unspecified atom stereocenters. The summed E-state index contributed by atoms with van der Waals surface area (Å²) in [5.74, 6) is 0.815. The molecule has 5 rings (SSSR count). The molecule has 0 N–H and O–H groups in total. The average molecular weight is 566 g/mol. The Hall–Kier alpha value is -3.76. The molecule has 0 spiro atoms. The molecule has 1 saturated heterocycles. The van der Waals surface area contributed by atoms with Gasteiger partial charge in [-0.25, -0.2) is 4.98 Å². The second-order valence-corrected chi connectivity index (χ2v) is 10.9. The van der Waals surface area contributed by atoms with Crippen molar-refractivity contribution in [2.45, 2.75) is 32.6 Å². The fraction of sp³-hybridized carbons (Fsp3) is 0.321. The minimum atomic E-state index is -0.490. The Morgan fingerprint density at radius 1 is 1.18 bits per heavy atom. The van der Waals surface area contributed by atoms with Gasteiger partial charge >= 0.3 is 0 Å². The molecule has 0 bridgehead atoms. The van der Waals surface area contributed by atoms with E-state index in [-0.39, 0.29) is 22.5 Å². The third-order valence-corrected chi connectivity index (χ3v) is 8.65. The molecule has 1 aliphatic heterocycles. The van der Waals surface area contributed by atoms with E-state index >= 15 is 0 Å². The van der Waals surface area contributed by atoms with Gasteiger partial charge in [-0.1, -0.05) is 17.7 Å². The van der Waals surface area contributed by atoms with Crippen LogP contribution in [0, 0.1) is 24.0 Å². The standard InChI is InChI=1S/C28H28ClN5O4S/c1-16-26(17(2)32(3)31-16)21-7-6-20(38-4)14-22(21)28(35)33-11-9-18(10-12-33)27-30-24(15-39-27)19-5-8-23(29)25(13-19)34(36)37/h5-8,13-15,18H,9-12H2,1-4H3. The predicted octanol–water partition coefficient (Wildman–Crippen LogP) is 6.42. The van der Waals surface area contributed by atoms with Crippen molar-refractivity contribution in [1.82, 2.24) is 19.7 Å². The van der Waals surface area contributed by atoms with Crippen LogP contribution in [0.4, 0.5) is 5.69 Å². The lowest BCUT2D eigenvalue weighted by atomic mass is 9.94. The highest BCUT2D eigenvalue weighted by molar-refractivity contribution is 7.10. The molecular formula is C28H28ClN5O4S. The van der Waals surface area contributed by atoms with E-state index in [1.807, 2.05) is 54.1 Å². The van der Waals surface area contributed by atoms with Crippen LogP contribution >= 0.6 is 22.9 Å². The molecule has 0 atom stereocenters. The van der Waals surface area contributed by atoms with E-state index in [2.05, 4.69) is 5.10 Å². The van der Waals surface area contributed by atoms with E-state index in [1.54, 1.807) is 24.5 Å². The molecule has 0 radical (unpaired) electrons. The van der Waals surface area contributed by atoms with Crippen molar-refractivity contribution in [3.05, 3.63) is 78.9 Å². The minimum absolute atomic E-state index is 0.0293. The van der Waals surface area contributed by atoms with Crippen molar-refractivity contribution in [3.63, 3.8) is 0 Å². The molecule has 2 aromatic heterocycles. The Kier molecular flexibility index (Phi) is 7.42. The Balaban J connectivity index is 1.34. The second kappa shape index (κ2) is 10.8. The predicted molar refractivity (Wildman–Crippen MR) is 152 cm³/mol. The molecule has 1 amide bonds. The van der Waals surface area contributed by atoms with Gasteiger partial charge in [0.1, 0.15) is 10.8 Å². The van der Waals surface area contributed by atoms with Gasteiger partial charge in [-0.05, 0) is 56.5 Å². The molecule has 39 heavy (non-hydrogen) atoms. The number of aryl methyl sites for hydroxylation is 2. The summed E-state index contributed by atoms with van der Waals surface area (Å²) < 4.78 is 7.28. The number of benzene rings is 2. The number of nitrogens with zero attached hydrogens (tertiary/aromatic N) is 5. The van der Waals surface area contributed by atoms with Crippen molar-refractivity contribution >= 4 is 34.5 Å². The number of amides is 1. The van der Waals surface area contributed by atoms with Gasteiger partial charge in [-0.2, -0.15) is 5.10 Å². The molecule has 0 saturated carbocycles. The van der Waals surface area contributed by atoms with Gasteiger partial charge in [0.15, 0.2) is 0 Å². The summed E-state index contributed by atoms with van der Waals surface area (Å²) in [5.41, 5.74) is 5.51. The smallest absolute Gasteiger partial charge is 0.288 e. The van der Waals surface area contributed by atoms with Gasteiger partial charge in [0.25, 0.3) is 11.6 Å². The number of nitro groups is 1. The largest absolute Gasteiger partial charge is 0.497 e. The Morgan fingerprint density at radius 3 is 2.56 bits per heavy atom. The van der Waals surface area contributed by atoms with Crippen LogP contribution in [-0.4, -0.2) is 50.7 Å². The lowest BCUT2D eigenvalue weighted by Crippen LogP contribution is -2.38. The monoisotopic (exact) mass is 565 g/mol. The highest BCUT2D eigenvalue weighted by Crippen LogP contribution is 2.37. The van der Waals surface area contributed by atoms with E-state index in [4.69, 9.17) is 21.3 Å². The Morgan fingerprint density at radius 2 is 1.92 bits per heavy atom. The lowest BCUT2D eigenvalue weighted by molar-refractivity contribution is -0.384. The summed E-state index contributed by atoms with van der Waals surface area (Å²) >= 11 is 7.51. The quantitative estimate of drug-likeness (QED) is 0.197. The third kappa shape index (κ3) is 5.14. The van der Waals surface area contributed by atoms with E-state index in [1.165, 1.54) is 12.1 Å². The zero-order valence-corrected chi connectivity index (χ0v) is 23.7. The van der Waals surface area contributed by atoms with Crippen LogP contribution in [0.1, 0.15) is 45.5 Å². The van der Waals surface area contributed by atoms with Gasteiger partial charge in [0.05, 0.1) is 34.0 Å². The second-order valence-electron chi connectivity index (χ2n) is 9.64. The molecule has 4 aromatic rings. The van der Waals surface area contributed by atoms with Crippen LogP contribution < -0.4 is 4.74 Å². The lowest BCUT2D eigenvalue weighted by Gasteiger charge is -2.31. The third-order valence-electron chi connectivity index (χ3n) is 7.33. The van der Waals surface area contributed by atoms with Crippen molar-refractivity contribution < 1.29 is 14.5 Å². The van der Waals surface area contributed by atoms with Gasteiger partial charge in [-0.3, -0.25) is 19.6 Å². The first-order valence-corrected chi connectivity index (χ1v) is 13.8. The summed E-state index contributed by atoms with van der Waals surface area (Å²) in [4.78, 5) is 31.3. The SMILES string of the molecule is COc1ccc(-c2c(C)nn(C)c2C)c(C(=O)N2CCC(c3nc(-c4ccc(Cl)c([N+](=O)[O-])c4)cs3)CC2)c1. The molecule has 2 aromatic carbocycles. The number of hydrogen-bond donors (Lipinski definition) is 0. The van der Waals surface area contributed by atoms with Crippen molar-refractivity contribution in [3.8, 4) is 28.1 Å². The fourth-order valence-electron chi connectivity index (χ4n) is 5.13. The zero-order chi connectivity index (χ0) is 27.8. The van der Waals surface area contributed by atoms with Gasteiger partial charge < -0.3 is 9.64 Å². The normalized spacial score (nSPS) is 14.0. The number of methoxy groups -OCH3 is 1. The summed E-state index contributed by atoms with van der Waals surface area (Å²) in [6, 6.07) is 10.4. The number of ether oxygens (including phenoxy) is 1. The molecule has 11 heteroatoms. The van der Waals surface area contributed by atoms with Gasteiger partial charge in [0.2, 0.25) is 0 Å². The number of carbonyl (C=O) groups excluding carboxylic acids is 1. The minimum Gasteiger partial charge on any atom is -0.497 e. The first-order valence-electron chi connectivity index (χ1n) is 12.6. The van der Waals surface area contributed by atoms with Crippen LogP contribution in [-0.2, 0) is 7.05 Å². The van der Waals surface area contributed by atoms with Crippen LogP contribution in [0.2, 0.25) is 5.02 Å². The number of carbonyl (C=O) groups is 1. The zero-order valence-electron chi connectivity index (χ0n) is 22.1. The molecule has 9 nitrogen and oxygen atoms in total. The number of halogens is 1. The Labute approximate surface area is 235 Å². The number of rotatable bonds is 6. The first kappa shape index (κ1) is 26.8. The molecule has 1 fully saturated rings. The van der Waals surface area contributed by atoms with Crippen LogP contribution in [0.25, 0.3) is 22.4 Å². The van der Waals surface area contributed by atoms with Crippen molar-refractivity contribution in [2.75, 3.05) is 20.2 Å². The Bertz CT molecular complexity index is 1570. The van der Waals surface area contributed by atoms with E-state index < -0.39 is 4.92 Å². The van der Waals surface area contributed by atoms with Gasteiger partial charge in [-0.15, -0.1) is 11.3 Å². The molecule has 0 aliphatic carbocycles. The average Bonchev–Trinajstić information content (AvgIpc) is 3.52. The first-order chi connectivity index (χ1) is 18.7. The van der Waals surface area contributed by atoms with Crippen molar-refractivity contribution in [1.29, 1.82) is 0 Å². The maximum Gasteiger partial charge on any atom is 0.288 e. The maximum atomic E-state index is 13.8. The van der Waals surface area contributed by atoms with Crippen LogP contribution in [0.3, 0.4) is 0 Å². The maximum absolute atomic E-state index is 13.8. The molecular weight excluding hydrogens is 538 g/mol. The number of likely N-dealkylation sites (tertiary alicyclic amines) is 1. The summed E-state index contributed by atoms with van der Waals surface area (Å²) in [7, 11) is 3.50. The highest BCUT2D eigenvalue weighted by atomic mass is 35.5. The van der Waals surface area contributed by atoms with E-state index in [0.717, 1.165) is 40.4 Å². The van der Waals surface area contributed by atoms with Crippen LogP contribution in [0.5, 0.6) is 5.75 Å². The summed E-state index contributed by atoms with van der Waals surface area (Å²) in [6.45, 7) is 5.17. The fourth-order valence-corrected chi connectivity index (χ4v) is 6.32. The summed E-state index contributed by atoms with van der Waals surface area (Å²) in [5, 5.41) is 18.8. The topological polar surface area (TPSA) is 103 Å². The summed E-state index contributed by atoms with van der Waals surface area (Å²) in [6.07, 6.45) is 1.56. The number of nitro benzene ring substituents is 1.